The van der Waals surface area contributed by atoms with Crippen LogP contribution in [-0.4, -0.2) is 24.5 Å². The number of hydrogen-bond acceptors (Lipinski definition) is 3. The highest BCUT2D eigenvalue weighted by Crippen LogP contribution is 2.23. The van der Waals surface area contributed by atoms with E-state index < -0.39 is 0 Å². The lowest BCUT2D eigenvalue weighted by atomic mass is 10.2. The standard InChI is InChI=1S/C17H19Cl2N3O/c1-3-4-7-22(2)16-6-5-12(11-20-16)17(23)21-15-9-13(18)8-14(19)10-15/h5-6,8-11H,3-4,7H2,1-2H3,(H,21,23). The number of carbonyl (C=O) groups excluding carboxylic acids is 1. The van der Waals surface area contributed by atoms with Crippen molar-refractivity contribution in [2.24, 2.45) is 0 Å². The van der Waals surface area contributed by atoms with Crippen LogP contribution in [0.1, 0.15) is 30.1 Å². The Balaban J connectivity index is 2.05. The van der Waals surface area contributed by atoms with E-state index in [0.29, 0.717) is 21.3 Å². The Kier molecular flexibility index (Phi) is 6.25. The number of rotatable bonds is 6. The third-order valence-corrected chi connectivity index (χ3v) is 3.81. The fourth-order valence-corrected chi connectivity index (χ4v) is 2.61. The van der Waals surface area contributed by atoms with Gasteiger partial charge in [-0.2, -0.15) is 0 Å². The molecule has 0 aliphatic carbocycles. The summed E-state index contributed by atoms with van der Waals surface area (Å²) in [5, 5.41) is 3.70. The number of anilines is 2. The number of nitrogens with zero attached hydrogens (tertiary/aromatic N) is 2. The summed E-state index contributed by atoms with van der Waals surface area (Å²) >= 11 is 11.8. The highest BCUT2D eigenvalue weighted by Gasteiger charge is 2.09. The third-order valence-electron chi connectivity index (χ3n) is 3.37. The fraction of sp³-hybridized carbons (Fsp3) is 0.294. The van der Waals surface area contributed by atoms with Crippen molar-refractivity contribution in [1.29, 1.82) is 0 Å². The molecule has 0 radical (unpaired) electrons. The molecule has 2 rings (SSSR count). The van der Waals surface area contributed by atoms with Gasteiger partial charge in [-0.3, -0.25) is 4.79 Å². The van der Waals surface area contributed by atoms with Crippen LogP contribution in [0, 0.1) is 0 Å². The number of benzene rings is 1. The number of pyridine rings is 1. The number of aromatic nitrogens is 1. The van der Waals surface area contributed by atoms with Crippen molar-refractivity contribution in [2.45, 2.75) is 19.8 Å². The van der Waals surface area contributed by atoms with Crippen molar-refractivity contribution in [2.75, 3.05) is 23.8 Å². The normalized spacial score (nSPS) is 10.4. The fourth-order valence-electron chi connectivity index (χ4n) is 2.09. The predicted octanol–water partition coefficient (Wildman–Crippen LogP) is 4.88. The van der Waals surface area contributed by atoms with E-state index in [2.05, 4.69) is 22.1 Å². The van der Waals surface area contributed by atoms with Crippen LogP contribution >= 0.6 is 23.2 Å². The summed E-state index contributed by atoms with van der Waals surface area (Å²) in [6.07, 6.45) is 3.81. The molecule has 0 saturated carbocycles. The summed E-state index contributed by atoms with van der Waals surface area (Å²) in [7, 11) is 1.99. The van der Waals surface area contributed by atoms with Crippen molar-refractivity contribution >= 4 is 40.6 Å². The van der Waals surface area contributed by atoms with Crippen LogP contribution in [-0.2, 0) is 0 Å². The van der Waals surface area contributed by atoms with Gasteiger partial charge in [0.1, 0.15) is 5.82 Å². The molecule has 1 N–H and O–H groups in total. The zero-order chi connectivity index (χ0) is 16.8. The van der Waals surface area contributed by atoms with Crippen molar-refractivity contribution < 1.29 is 4.79 Å². The predicted molar refractivity (Wildman–Crippen MR) is 96.8 cm³/mol. The average Bonchev–Trinajstić information content (AvgIpc) is 2.51. The molecule has 1 amide bonds. The van der Waals surface area contributed by atoms with E-state index in [1.807, 2.05) is 13.1 Å². The quantitative estimate of drug-likeness (QED) is 0.806. The molecule has 2 aromatic rings. The number of nitrogens with one attached hydrogen (secondary N) is 1. The summed E-state index contributed by atoms with van der Waals surface area (Å²) < 4.78 is 0. The molecule has 0 bridgehead atoms. The van der Waals surface area contributed by atoms with E-state index in [-0.39, 0.29) is 5.91 Å². The molecule has 23 heavy (non-hydrogen) atoms. The number of hydrogen-bond donors (Lipinski definition) is 1. The highest BCUT2D eigenvalue weighted by atomic mass is 35.5. The van der Waals surface area contributed by atoms with Gasteiger partial charge < -0.3 is 10.2 Å². The first-order chi connectivity index (χ1) is 11.0. The van der Waals surface area contributed by atoms with Gasteiger partial charge in [-0.05, 0) is 36.8 Å². The Morgan fingerprint density at radius 3 is 2.48 bits per heavy atom. The summed E-state index contributed by atoms with van der Waals surface area (Å²) in [4.78, 5) is 18.7. The molecule has 0 fully saturated rings. The van der Waals surface area contributed by atoms with Crippen molar-refractivity contribution in [3.63, 3.8) is 0 Å². The molecule has 0 saturated heterocycles. The summed E-state index contributed by atoms with van der Waals surface area (Å²) in [6.45, 7) is 3.09. The molecule has 0 spiro atoms. The van der Waals surface area contributed by atoms with Crippen LogP contribution in [0.25, 0.3) is 0 Å². The van der Waals surface area contributed by atoms with E-state index in [0.717, 1.165) is 25.2 Å². The Morgan fingerprint density at radius 2 is 1.91 bits per heavy atom. The van der Waals surface area contributed by atoms with Gasteiger partial charge in [0.2, 0.25) is 0 Å². The SMILES string of the molecule is CCCCN(C)c1ccc(C(=O)Nc2cc(Cl)cc(Cl)c2)cn1. The highest BCUT2D eigenvalue weighted by molar-refractivity contribution is 6.35. The molecule has 4 nitrogen and oxygen atoms in total. The Morgan fingerprint density at radius 1 is 1.22 bits per heavy atom. The van der Waals surface area contributed by atoms with Crippen LogP contribution in [0.5, 0.6) is 0 Å². The number of halogens is 2. The summed E-state index contributed by atoms with van der Waals surface area (Å²) in [6, 6.07) is 8.50. The lowest BCUT2D eigenvalue weighted by molar-refractivity contribution is 0.102. The average molecular weight is 352 g/mol. The second-order valence-electron chi connectivity index (χ2n) is 5.29. The minimum Gasteiger partial charge on any atom is -0.360 e. The van der Waals surface area contributed by atoms with E-state index in [9.17, 15) is 4.79 Å². The third kappa shape index (κ3) is 5.12. The second-order valence-corrected chi connectivity index (χ2v) is 6.17. The van der Waals surface area contributed by atoms with Gasteiger partial charge in [0, 0.05) is 35.5 Å². The second kappa shape index (κ2) is 8.18. The smallest absolute Gasteiger partial charge is 0.257 e. The van der Waals surface area contributed by atoms with Gasteiger partial charge >= 0.3 is 0 Å². The molecule has 6 heteroatoms. The van der Waals surface area contributed by atoms with Gasteiger partial charge in [-0.15, -0.1) is 0 Å². The topological polar surface area (TPSA) is 45.2 Å². The van der Waals surface area contributed by atoms with E-state index in [4.69, 9.17) is 23.2 Å². The number of amides is 1. The monoisotopic (exact) mass is 351 g/mol. The van der Waals surface area contributed by atoms with E-state index in [1.165, 1.54) is 0 Å². The van der Waals surface area contributed by atoms with Gasteiger partial charge in [0.15, 0.2) is 0 Å². The van der Waals surface area contributed by atoms with Gasteiger partial charge in [-0.1, -0.05) is 36.5 Å². The molecule has 122 valence electrons. The zero-order valence-electron chi connectivity index (χ0n) is 13.1. The van der Waals surface area contributed by atoms with E-state index in [1.54, 1.807) is 30.5 Å². The number of carbonyl (C=O) groups is 1. The van der Waals surface area contributed by atoms with Gasteiger partial charge in [0.25, 0.3) is 5.91 Å². The molecule has 0 aliphatic heterocycles. The van der Waals surface area contributed by atoms with Crippen molar-refractivity contribution in [1.82, 2.24) is 4.98 Å². The van der Waals surface area contributed by atoms with Crippen LogP contribution in [0.15, 0.2) is 36.5 Å². The molecule has 0 unspecified atom stereocenters. The summed E-state index contributed by atoms with van der Waals surface area (Å²) in [5.41, 5.74) is 1.03. The Hall–Kier alpha value is -1.78. The molecule has 1 aromatic heterocycles. The first kappa shape index (κ1) is 17.6. The molecular weight excluding hydrogens is 333 g/mol. The lowest BCUT2D eigenvalue weighted by Gasteiger charge is -2.17. The molecule has 1 aromatic carbocycles. The first-order valence-electron chi connectivity index (χ1n) is 7.44. The van der Waals surface area contributed by atoms with Crippen LogP contribution in [0.3, 0.4) is 0 Å². The maximum absolute atomic E-state index is 12.2. The van der Waals surface area contributed by atoms with E-state index >= 15 is 0 Å². The lowest BCUT2D eigenvalue weighted by Crippen LogP contribution is -2.20. The maximum Gasteiger partial charge on any atom is 0.257 e. The minimum atomic E-state index is -0.251. The molecular formula is C17H19Cl2N3O. The van der Waals surface area contributed by atoms with Crippen molar-refractivity contribution in [3.8, 4) is 0 Å². The Bertz CT molecular complexity index is 654. The van der Waals surface area contributed by atoms with Crippen LogP contribution in [0.4, 0.5) is 11.5 Å². The van der Waals surface area contributed by atoms with Gasteiger partial charge in [0.05, 0.1) is 5.56 Å². The zero-order valence-corrected chi connectivity index (χ0v) is 14.7. The Labute approximate surface area is 146 Å². The molecule has 0 atom stereocenters. The van der Waals surface area contributed by atoms with Crippen LogP contribution in [0.2, 0.25) is 10.0 Å². The maximum atomic E-state index is 12.2. The van der Waals surface area contributed by atoms with Crippen LogP contribution < -0.4 is 10.2 Å². The summed E-state index contributed by atoms with van der Waals surface area (Å²) in [5.74, 6) is 0.597. The van der Waals surface area contributed by atoms with Crippen molar-refractivity contribution in [3.05, 3.63) is 52.1 Å². The molecule has 0 aliphatic rings. The molecule has 1 heterocycles. The first-order valence-corrected chi connectivity index (χ1v) is 8.20. The number of unbranched alkanes of at least 4 members (excludes halogenated alkanes) is 1. The largest absolute Gasteiger partial charge is 0.360 e. The minimum absolute atomic E-state index is 0.251. The van der Waals surface area contributed by atoms with Gasteiger partial charge in [-0.25, -0.2) is 4.98 Å².